The van der Waals surface area contributed by atoms with Crippen LogP contribution in [0.3, 0.4) is 0 Å². The van der Waals surface area contributed by atoms with Crippen LogP contribution < -0.4 is 5.01 Å². The number of hydrogen-bond acceptors (Lipinski definition) is 5. The van der Waals surface area contributed by atoms with Crippen molar-refractivity contribution in [3.8, 4) is 0 Å². The van der Waals surface area contributed by atoms with Crippen LogP contribution in [0.4, 0.5) is 5.69 Å². The molecule has 0 aliphatic carbocycles. The van der Waals surface area contributed by atoms with Crippen LogP contribution >= 0.6 is 0 Å². The normalized spacial score (nSPS) is 28.6. The Balaban J connectivity index is 1.51. The molecule has 1 aromatic rings. The summed E-state index contributed by atoms with van der Waals surface area (Å²) < 4.78 is 0. The molecule has 0 saturated carbocycles. The maximum absolute atomic E-state index is 13.1. The number of hydrazone groups is 1. The van der Waals surface area contributed by atoms with Crippen molar-refractivity contribution < 1.29 is 14.7 Å². The van der Waals surface area contributed by atoms with Crippen LogP contribution in [-0.4, -0.2) is 71.3 Å². The van der Waals surface area contributed by atoms with Gasteiger partial charge >= 0.3 is 5.97 Å². The van der Waals surface area contributed by atoms with Crippen LogP contribution in [0.2, 0.25) is 0 Å². The number of hydrogen-bond donors (Lipinski definition) is 1. The van der Waals surface area contributed by atoms with E-state index in [1.807, 2.05) is 35.2 Å². The van der Waals surface area contributed by atoms with Crippen molar-refractivity contribution >= 4 is 23.3 Å². The Bertz CT molecular complexity index is 751. The highest BCUT2D eigenvalue weighted by Crippen LogP contribution is 2.31. The van der Waals surface area contributed by atoms with Gasteiger partial charge in [0.1, 0.15) is 5.71 Å². The third-order valence-corrected chi connectivity index (χ3v) is 6.10. The van der Waals surface area contributed by atoms with Crippen molar-refractivity contribution in [1.29, 1.82) is 0 Å². The number of benzene rings is 1. The van der Waals surface area contributed by atoms with E-state index < -0.39 is 12.0 Å². The van der Waals surface area contributed by atoms with Crippen molar-refractivity contribution in [2.75, 3.05) is 31.7 Å². The minimum absolute atomic E-state index is 0.105. The maximum atomic E-state index is 13.1. The van der Waals surface area contributed by atoms with Crippen LogP contribution in [-0.2, 0) is 9.59 Å². The van der Waals surface area contributed by atoms with Gasteiger partial charge in [0, 0.05) is 25.6 Å². The van der Waals surface area contributed by atoms with Gasteiger partial charge in [0.05, 0.1) is 5.69 Å². The number of carboxylic acids is 1. The Morgan fingerprint density at radius 3 is 2.67 bits per heavy atom. The highest BCUT2D eigenvalue weighted by atomic mass is 16.4. The zero-order chi connectivity index (χ0) is 19.0. The topological polar surface area (TPSA) is 76.5 Å². The lowest BCUT2D eigenvalue weighted by molar-refractivity contribution is -0.138. The first-order valence-electron chi connectivity index (χ1n) is 9.68. The predicted molar refractivity (Wildman–Crippen MR) is 103 cm³/mol. The first kappa shape index (κ1) is 18.0. The molecule has 3 heterocycles. The van der Waals surface area contributed by atoms with Crippen LogP contribution in [0.5, 0.6) is 0 Å². The minimum atomic E-state index is -0.960. The number of carboxylic acid groups (broad SMARTS) is 1. The van der Waals surface area contributed by atoms with Gasteiger partial charge in [-0.25, -0.2) is 4.79 Å². The summed E-state index contributed by atoms with van der Waals surface area (Å²) in [6, 6.07) is 8.91. The molecule has 3 atom stereocenters. The number of piperidine rings is 2. The highest BCUT2D eigenvalue weighted by molar-refractivity contribution is 6.40. The van der Waals surface area contributed by atoms with E-state index in [4.69, 9.17) is 0 Å². The molecule has 4 rings (SSSR count). The number of para-hydroxylation sites is 1. The van der Waals surface area contributed by atoms with E-state index in [1.54, 1.807) is 0 Å². The lowest BCUT2D eigenvalue weighted by Crippen LogP contribution is -2.54. The van der Waals surface area contributed by atoms with Gasteiger partial charge in [-0.2, -0.15) is 5.10 Å². The first-order chi connectivity index (χ1) is 13.0. The first-order valence-corrected chi connectivity index (χ1v) is 9.68. The molecule has 0 bridgehead atoms. The summed E-state index contributed by atoms with van der Waals surface area (Å²) in [5.41, 5.74) is 1.05. The lowest BCUT2D eigenvalue weighted by atomic mass is 9.84. The van der Waals surface area contributed by atoms with Crippen molar-refractivity contribution in [3.63, 3.8) is 0 Å². The molecule has 3 aliphatic heterocycles. The number of likely N-dealkylation sites (tertiary alicyclic amines) is 2. The van der Waals surface area contributed by atoms with Crippen LogP contribution in [0, 0.1) is 5.92 Å². The summed E-state index contributed by atoms with van der Waals surface area (Å²) in [6.07, 6.45) is 3.45. The van der Waals surface area contributed by atoms with E-state index in [-0.39, 0.29) is 12.3 Å². The lowest BCUT2D eigenvalue weighted by Gasteiger charge is -2.45. The second kappa shape index (κ2) is 7.31. The summed E-state index contributed by atoms with van der Waals surface area (Å²) in [6.45, 7) is 2.59. The molecular formula is C20H26N4O3. The summed E-state index contributed by atoms with van der Waals surface area (Å²) in [5.74, 6) is -0.562. The third kappa shape index (κ3) is 3.43. The molecule has 7 heteroatoms. The number of nitrogens with zero attached hydrogens (tertiary/aromatic N) is 4. The molecule has 2 saturated heterocycles. The SMILES string of the molecule is CN1CCCC2CN(C(=O)C3=NN(c4ccccc4)C(C(=O)O)C3)CCC21. The van der Waals surface area contributed by atoms with E-state index in [1.165, 1.54) is 11.4 Å². The Kier molecular flexibility index (Phi) is 4.86. The van der Waals surface area contributed by atoms with E-state index in [9.17, 15) is 14.7 Å². The molecule has 3 unspecified atom stereocenters. The number of carbonyl (C=O) groups excluding carboxylic acids is 1. The van der Waals surface area contributed by atoms with Crippen LogP contribution in [0.1, 0.15) is 25.7 Å². The molecule has 1 N–H and O–H groups in total. The van der Waals surface area contributed by atoms with Crippen LogP contribution in [0.25, 0.3) is 0 Å². The van der Waals surface area contributed by atoms with Gasteiger partial charge in [-0.1, -0.05) is 18.2 Å². The van der Waals surface area contributed by atoms with Gasteiger partial charge in [0.25, 0.3) is 5.91 Å². The molecule has 1 amide bonds. The van der Waals surface area contributed by atoms with E-state index in [2.05, 4.69) is 17.0 Å². The van der Waals surface area contributed by atoms with Gasteiger partial charge < -0.3 is 14.9 Å². The number of amides is 1. The fourth-order valence-electron chi connectivity index (χ4n) is 4.67. The summed E-state index contributed by atoms with van der Waals surface area (Å²) in [4.78, 5) is 29.1. The average molecular weight is 370 g/mol. The van der Waals surface area contributed by atoms with Gasteiger partial charge in [-0.05, 0) is 50.9 Å². The molecule has 2 fully saturated rings. The predicted octanol–water partition coefficient (Wildman–Crippen LogP) is 1.65. The number of carbonyl (C=O) groups is 2. The Labute approximate surface area is 159 Å². The number of anilines is 1. The van der Waals surface area contributed by atoms with Crippen molar-refractivity contribution in [2.24, 2.45) is 11.0 Å². The smallest absolute Gasteiger partial charge is 0.328 e. The summed E-state index contributed by atoms with van der Waals surface area (Å²) in [5, 5.41) is 15.5. The van der Waals surface area contributed by atoms with E-state index in [0.29, 0.717) is 29.9 Å². The standard InChI is InChI=1S/C20H26N4O3/c1-22-10-5-6-14-13-23(11-9-17(14)22)19(25)16-12-18(20(26)27)24(21-16)15-7-3-2-4-8-15/h2-4,7-8,14,17-18H,5-6,9-13H2,1H3,(H,26,27). The van der Waals surface area contributed by atoms with E-state index in [0.717, 1.165) is 25.9 Å². The Hall–Kier alpha value is -2.41. The van der Waals surface area contributed by atoms with Crippen LogP contribution in [0.15, 0.2) is 35.4 Å². The quantitative estimate of drug-likeness (QED) is 0.876. The van der Waals surface area contributed by atoms with E-state index >= 15 is 0 Å². The van der Waals surface area contributed by atoms with Gasteiger partial charge in [0.2, 0.25) is 0 Å². The Morgan fingerprint density at radius 1 is 1.15 bits per heavy atom. The summed E-state index contributed by atoms with van der Waals surface area (Å²) >= 11 is 0. The third-order valence-electron chi connectivity index (χ3n) is 6.10. The maximum Gasteiger partial charge on any atom is 0.328 e. The Morgan fingerprint density at radius 2 is 1.93 bits per heavy atom. The second-order valence-corrected chi connectivity index (χ2v) is 7.78. The zero-order valence-electron chi connectivity index (χ0n) is 15.6. The summed E-state index contributed by atoms with van der Waals surface area (Å²) in [7, 11) is 2.17. The monoisotopic (exact) mass is 370 g/mol. The number of aliphatic carboxylic acids is 1. The fourth-order valence-corrected chi connectivity index (χ4v) is 4.67. The van der Waals surface area contributed by atoms with Gasteiger partial charge in [-0.15, -0.1) is 0 Å². The zero-order valence-corrected chi connectivity index (χ0v) is 15.6. The fraction of sp³-hybridized carbons (Fsp3) is 0.550. The van der Waals surface area contributed by atoms with Gasteiger partial charge in [0.15, 0.2) is 6.04 Å². The van der Waals surface area contributed by atoms with Crippen molar-refractivity contribution in [1.82, 2.24) is 9.80 Å². The molecule has 3 aliphatic rings. The molecule has 0 spiro atoms. The van der Waals surface area contributed by atoms with Gasteiger partial charge in [-0.3, -0.25) is 9.80 Å². The average Bonchev–Trinajstić information content (AvgIpc) is 3.14. The van der Waals surface area contributed by atoms with Crippen molar-refractivity contribution in [2.45, 2.75) is 37.8 Å². The molecule has 27 heavy (non-hydrogen) atoms. The number of rotatable bonds is 3. The number of fused-ring (bicyclic) bond motifs is 1. The van der Waals surface area contributed by atoms with Crippen molar-refractivity contribution in [3.05, 3.63) is 30.3 Å². The minimum Gasteiger partial charge on any atom is -0.480 e. The highest BCUT2D eigenvalue weighted by Gasteiger charge is 2.40. The molecule has 7 nitrogen and oxygen atoms in total. The molecule has 0 radical (unpaired) electrons. The molecule has 144 valence electrons. The largest absolute Gasteiger partial charge is 0.480 e. The molecule has 0 aromatic heterocycles. The molecule has 1 aromatic carbocycles. The second-order valence-electron chi connectivity index (χ2n) is 7.78. The molecular weight excluding hydrogens is 344 g/mol.